The van der Waals surface area contributed by atoms with Crippen LogP contribution in [-0.2, 0) is 14.8 Å². The largest absolute Gasteiger partial charge is 0.495 e. The fourth-order valence-corrected chi connectivity index (χ4v) is 4.75. The Bertz CT molecular complexity index is 1260. The Morgan fingerprint density at radius 3 is 2.35 bits per heavy atom. The van der Waals surface area contributed by atoms with Crippen LogP contribution in [0, 0.1) is 6.92 Å². The van der Waals surface area contributed by atoms with Gasteiger partial charge in [-0.3, -0.25) is 9.10 Å². The van der Waals surface area contributed by atoms with Crippen LogP contribution in [-0.4, -0.2) is 34.6 Å². The van der Waals surface area contributed by atoms with Crippen molar-refractivity contribution >= 4 is 38.9 Å². The fraction of sp³-hybridized carbons (Fsp3) is 0.160. The van der Waals surface area contributed by atoms with Crippen molar-refractivity contribution < 1.29 is 22.7 Å². The molecule has 0 aromatic heterocycles. The van der Waals surface area contributed by atoms with Crippen LogP contribution in [0.3, 0.4) is 0 Å². The first-order chi connectivity index (χ1) is 16.2. The van der Waals surface area contributed by atoms with Gasteiger partial charge in [0.15, 0.2) is 0 Å². The number of carbonyl (C=O) groups excluding carboxylic acids is 1. The van der Waals surface area contributed by atoms with Gasteiger partial charge < -0.3 is 14.8 Å². The summed E-state index contributed by atoms with van der Waals surface area (Å²) < 4.78 is 38.6. The van der Waals surface area contributed by atoms with Gasteiger partial charge in [0.25, 0.3) is 10.0 Å². The summed E-state index contributed by atoms with van der Waals surface area (Å²) in [5.41, 5.74) is 1.64. The second kappa shape index (κ2) is 11.1. The lowest BCUT2D eigenvalue weighted by Gasteiger charge is -2.24. The third-order valence-electron chi connectivity index (χ3n) is 4.83. The van der Waals surface area contributed by atoms with E-state index >= 15 is 0 Å². The maximum atomic E-state index is 13.5. The number of aryl methyl sites for hydroxylation is 1. The number of hydrogen-bond donors (Lipinski definition) is 1. The molecule has 178 valence electrons. The second-order valence-corrected chi connectivity index (χ2v) is 9.59. The van der Waals surface area contributed by atoms with E-state index < -0.39 is 22.5 Å². The Kier molecular flexibility index (Phi) is 8.20. The SMILES string of the molecule is C=CCOc1ccc(NC(=O)CN(c2ccc(OC)c(Cl)c2)S(=O)(=O)c2ccc(C)cc2)cc1. The lowest BCUT2D eigenvalue weighted by Crippen LogP contribution is -2.38. The summed E-state index contributed by atoms with van der Waals surface area (Å²) in [6.07, 6.45) is 1.63. The Morgan fingerprint density at radius 1 is 1.09 bits per heavy atom. The summed E-state index contributed by atoms with van der Waals surface area (Å²) in [4.78, 5) is 12.9. The van der Waals surface area contributed by atoms with E-state index in [0.717, 1.165) is 9.87 Å². The molecule has 0 radical (unpaired) electrons. The van der Waals surface area contributed by atoms with Crippen molar-refractivity contribution in [2.75, 3.05) is 29.9 Å². The summed E-state index contributed by atoms with van der Waals surface area (Å²) in [5, 5.41) is 2.94. The average molecular weight is 501 g/mol. The maximum absolute atomic E-state index is 13.5. The minimum absolute atomic E-state index is 0.0570. The molecule has 34 heavy (non-hydrogen) atoms. The van der Waals surface area contributed by atoms with Crippen LogP contribution >= 0.6 is 11.6 Å². The molecule has 3 rings (SSSR count). The van der Waals surface area contributed by atoms with E-state index in [4.69, 9.17) is 21.1 Å². The Morgan fingerprint density at radius 2 is 1.76 bits per heavy atom. The van der Waals surface area contributed by atoms with E-state index in [2.05, 4.69) is 11.9 Å². The van der Waals surface area contributed by atoms with Gasteiger partial charge in [0.2, 0.25) is 5.91 Å². The molecule has 0 aliphatic rings. The summed E-state index contributed by atoms with van der Waals surface area (Å²) in [6.45, 7) is 5.35. The Balaban J connectivity index is 1.89. The van der Waals surface area contributed by atoms with E-state index in [9.17, 15) is 13.2 Å². The Hall–Kier alpha value is -3.49. The standard InChI is InChI=1S/C25H25ClN2O5S/c1-4-15-33-21-10-7-19(8-11-21)27-25(29)17-28(20-9-14-24(32-3)23(26)16-20)34(30,31)22-12-5-18(2)6-13-22/h4-14,16H,1,15,17H2,2-3H3,(H,27,29). The lowest BCUT2D eigenvalue weighted by atomic mass is 10.2. The normalized spacial score (nSPS) is 10.9. The minimum atomic E-state index is -4.07. The van der Waals surface area contributed by atoms with Crippen molar-refractivity contribution in [3.8, 4) is 11.5 Å². The predicted molar refractivity (Wildman–Crippen MR) is 134 cm³/mol. The van der Waals surface area contributed by atoms with Gasteiger partial charge in [-0.2, -0.15) is 0 Å². The van der Waals surface area contributed by atoms with Crippen LogP contribution < -0.4 is 19.1 Å². The molecule has 9 heteroatoms. The molecule has 0 unspecified atom stereocenters. The highest BCUT2D eigenvalue weighted by molar-refractivity contribution is 7.92. The third-order valence-corrected chi connectivity index (χ3v) is 6.91. The molecule has 3 aromatic rings. The van der Waals surface area contributed by atoms with Gasteiger partial charge in [-0.25, -0.2) is 8.42 Å². The highest BCUT2D eigenvalue weighted by atomic mass is 35.5. The molecular formula is C25H25ClN2O5S. The summed E-state index contributed by atoms with van der Waals surface area (Å²) in [6, 6.07) is 17.7. The number of anilines is 2. The van der Waals surface area contributed by atoms with Crippen molar-refractivity contribution in [3.05, 3.63) is 90.0 Å². The zero-order valence-electron chi connectivity index (χ0n) is 18.8. The van der Waals surface area contributed by atoms with E-state index in [0.29, 0.717) is 23.8 Å². The molecule has 0 bridgehead atoms. The topological polar surface area (TPSA) is 84.9 Å². The van der Waals surface area contributed by atoms with Crippen molar-refractivity contribution in [2.24, 2.45) is 0 Å². The van der Waals surface area contributed by atoms with Gasteiger partial charge in [-0.05, 0) is 61.5 Å². The average Bonchev–Trinajstić information content (AvgIpc) is 2.82. The first-order valence-electron chi connectivity index (χ1n) is 10.3. The zero-order chi connectivity index (χ0) is 24.7. The molecule has 1 amide bonds. The number of sulfonamides is 1. The zero-order valence-corrected chi connectivity index (χ0v) is 20.4. The molecule has 0 heterocycles. The van der Waals surface area contributed by atoms with Crippen LogP contribution in [0.25, 0.3) is 0 Å². The van der Waals surface area contributed by atoms with Gasteiger partial charge in [0, 0.05) is 5.69 Å². The van der Waals surface area contributed by atoms with Crippen molar-refractivity contribution in [1.29, 1.82) is 0 Å². The number of methoxy groups -OCH3 is 1. The van der Waals surface area contributed by atoms with Crippen LogP contribution in [0.2, 0.25) is 5.02 Å². The van der Waals surface area contributed by atoms with Crippen LogP contribution in [0.1, 0.15) is 5.56 Å². The minimum Gasteiger partial charge on any atom is -0.495 e. The van der Waals surface area contributed by atoms with E-state index in [1.807, 2.05) is 6.92 Å². The molecule has 0 spiro atoms. The summed E-state index contributed by atoms with van der Waals surface area (Å²) in [7, 11) is -2.61. The van der Waals surface area contributed by atoms with Gasteiger partial charge in [0.1, 0.15) is 24.7 Å². The van der Waals surface area contributed by atoms with Crippen LogP contribution in [0.15, 0.2) is 84.3 Å². The smallest absolute Gasteiger partial charge is 0.264 e. The number of rotatable bonds is 10. The number of benzene rings is 3. The van der Waals surface area contributed by atoms with E-state index in [1.165, 1.54) is 31.4 Å². The lowest BCUT2D eigenvalue weighted by molar-refractivity contribution is -0.114. The summed E-state index contributed by atoms with van der Waals surface area (Å²) >= 11 is 6.24. The van der Waals surface area contributed by atoms with Gasteiger partial charge in [0.05, 0.1) is 22.7 Å². The highest BCUT2D eigenvalue weighted by Gasteiger charge is 2.28. The second-order valence-electron chi connectivity index (χ2n) is 7.32. The van der Waals surface area contributed by atoms with E-state index in [1.54, 1.807) is 48.5 Å². The first-order valence-corrected chi connectivity index (χ1v) is 12.1. The number of nitrogens with zero attached hydrogens (tertiary/aromatic N) is 1. The van der Waals surface area contributed by atoms with Crippen molar-refractivity contribution in [1.82, 2.24) is 0 Å². The predicted octanol–water partition coefficient (Wildman–Crippen LogP) is 5.06. The number of ether oxygens (including phenoxy) is 2. The van der Waals surface area contributed by atoms with Gasteiger partial charge >= 0.3 is 0 Å². The number of amides is 1. The van der Waals surface area contributed by atoms with Gasteiger partial charge in [-0.1, -0.05) is 42.0 Å². The molecule has 0 aliphatic heterocycles. The molecule has 0 aliphatic carbocycles. The molecule has 0 saturated heterocycles. The molecule has 3 aromatic carbocycles. The molecule has 0 atom stereocenters. The van der Waals surface area contributed by atoms with Crippen molar-refractivity contribution in [3.63, 3.8) is 0 Å². The van der Waals surface area contributed by atoms with Crippen LogP contribution in [0.4, 0.5) is 11.4 Å². The maximum Gasteiger partial charge on any atom is 0.264 e. The number of halogens is 1. The summed E-state index contributed by atoms with van der Waals surface area (Å²) in [5.74, 6) is 0.484. The molecule has 0 saturated carbocycles. The molecular weight excluding hydrogens is 476 g/mol. The number of carbonyl (C=O) groups is 1. The quantitative estimate of drug-likeness (QED) is 0.393. The Labute approximate surface area is 204 Å². The third kappa shape index (κ3) is 6.09. The van der Waals surface area contributed by atoms with Gasteiger partial charge in [-0.15, -0.1) is 0 Å². The molecule has 0 fully saturated rings. The molecule has 1 N–H and O–H groups in total. The number of hydrogen-bond acceptors (Lipinski definition) is 5. The monoisotopic (exact) mass is 500 g/mol. The van der Waals surface area contributed by atoms with E-state index in [-0.39, 0.29) is 15.6 Å². The highest BCUT2D eigenvalue weighted by Crippen LogP contribution is 2.32. The van der Waals surface area contributed by atoms with Crippen molar-refractivity contribution in [2.45, 2.75) is 11.8 Å². The number of nitrogens with one attached hydrogen (secondary N) is 1. The van der Waals surface area contributed by atoms with Crippen LogP contribution in [0.5, 0.6) is 11.5 Å². The first kappa shape index (κ1) is 25.1. The fourth-order valence-electron chi connectivity index (χ4n) is 3.08. The molecule has 7 nitrogen and oxygen atoms in total.